The van der Waals surface area contributed by atoms with Crippen molar-refractivity contribution in [3.8, 4) is 0 Å². The number of benzene rings is 1. The van der Waals surface area contributed by atoms with Crippen molar-refractivity contribution in [2.45, 2.75) is 39.2 Å². The van der Waals surface area contributed by atoms with E-state index >= 15 is 0 Å². The second-order valence-electron chi connectivity index (χ2n) is 5.97. The van der Waals surface area contributed by atoms with Gasteiger partial charge in [0.05, 0.1) is 0 Å². The van der Waals surface area contributed by atoms with Gasteiger partial charge in [-0.25, -0.2) is 4.39 Å². The summed E-state index contributed by atoms with van der Waals surface area (Å²) in [5, 5.41) is 5.54. The van der Waals surface area contributed by atoms with Crippen molar-refractivity contribution in [1.29, 1.82) is 0 Å². The molecule has 2 amide bonds. The number of carbonyl (C=O) groups is 2. The highest BCUT2D eigenvalue weighted by Gasteiger charge is 2.38. The molecule has 2 rings (SSSR count). The van der Waals surface area contributed by atoms with E-state index in [0.717, 1.165) is 12.8 Å². The van der Waals surface area contributed by atoms with Gasteiger partial charge in [-0.2, -0.15) is 0 Å². The van der Waals surface area contributed by atoms with Crippen LogP contribution in [-0.4, -0.2) is 24.4 Å². The Morgan fingerprint density at radius 2 is 1.90 bits per heavy atom. The lowest BCUT2D eigenvalue weighted by molar-refractivity contribution is -0.141. The molecule has 0 spiro atoms. The van der Waals surface area contributed by atoms with Gasteiger partial charge in [-0.3, -0.25) is 9.59 Å². The van der Waals surface area contributed by atoms with Gasteiger partial charge in [-0.15, -0.1) is 0 Å². The fourth-order valence-corrected chi connectivity index (χ4v) is 1.93. The van der Waals surface area contributed by atoms with Crippen LogP contribution in [0.4, 0.5) is 4.39 Å². The van der Waals surface area contributed by atoms with Crippen LogP contribution in [0.2, 0.25) is 0 Å². The van der Waals surface area contributed by atoms with E-state index < -0.39 is 5.41 Å². The van der Waals surface area contributed by atoms with E-state index in [1.807, 2.05) is 0 Å². The highest BCUT2D eigenvalue weighted by Crippen LogP contribution is 2.22. The van der Waals surface area contributed by atoms with Crippen LogP contribution in [-0.2, 0) is 16.0 Å². The Balaban J connectivity index is 1.83. The van der Waals surface area contributed by atoms with Crippen molar-refractivity contribution in [3.63, 3.8) is 0 Å². The van der Waals surface area contributed by atoms with Crippen LogP contribution in [0.1, 0.15) is 32.3 Å². The molecule has 0 radical (unpaired) electrons. The molecule has 1 aliphatic rings. The molecule has 114 valence electrons. The average Bonchev–Trinajstić information content (AvgIpc) is 3.24. The maximum absolute atomic E-state index is 13.4. The molecule has 2 N–H and O–H groups in total. The first-order valence-corrected chi connectivity index (χ1v) is 7.24. The van der Waals surface area contributed by atoms with Gasteiger partial charge in [0, 0.05) is 12.6 Å². The standard InChI is InChI=1S/C16H21FN2O2/c1-16(2,15(21)19-12-7-8-12)14(20)18-10-9-11-5-3-4-6-13(11)17/h3-6,12H,7-10H2,1-2H3,(H,18,20)(H,19,21). The molecular formula is C16H21FN2O2. The lowest BCUT2D eigenvalue weighted by atomic mass is 9.91. The number of nitrogens with one attached hydrogen (secondary N) is 2. The maximum Gasteiger partial charge on any atom is 0.235 e. The number of rotatable bonds is 6. The third-order valence-electron chi connectivity index (χ3n) is 3.69. The molecule has 1 fully saturated rings. The van der Waals surface area contributed by atoms with Crippen molar-refractivity contribution < 1.29 is 14.0 Å². The molecule has 0 heterocycles. The highest BCUT2D eigenvalue weighted by atomic mass is 19.1. The SMILES string of the molecule is CC(C)(C(=O)NCCc1ccccc1F)C(=O)NC1CC1. The van der Waals surface area contributed by atoms with Gasteiger partial charge in [-0.1, -0.05) is 18.2 Å². The molecule has 0 aromatic heterocycles. The zero-order chi connectivity index (χ0) is 15.5. The molecule has 21 heavy (non-hydrogen) atoms. The molecule has 0 bridgehead atoms. The van der Waals surface area contributed by atoms with E-state index in [1.54, 1.807) is 32.0 Å². The quantitative estimate of drug-likeness (QED) is 0.785. The summed E-state index contributed by atoms with van der Waals surface area (Å²) in [6.45, 7) is 3.51. The fourth-order valence-electron chi connectivity index (χ4n) is 1.93. The summed E-state index contributed by atoms with van der Waals surface area (Å²) in [6, 6.07) is 6.69. The van der Waals surface area contributed by atoms with Crippen molar-refractivity contribution in [3.05, 3.63) is 35.6 Å². The summed E-state index contributed by atoms with van der Waals surface area (Å²) in [7, 11) is 0. The van der Waals surface area contributed by atoms with Crippen molar-refractivity contribution in [1.82, 2.24) is 10.6 Å². The molecule has 1 aromatic carbocycles. The number of halogens is 1. The lowest BCUT2D eigenvalue weighted by Gasteiger charge is -2.22. The van der Waals surface area contributed by atoms with E-state index in [-0.39, 0.29) is 23.7 Å². The number of hydrogen-bond donors (Lipinski definition) is 2. The maximum atomic E-state index is 13.4. The summed E-state index contributed by atoms with van der Waals surface area (Å²) >= 11 is 0. The van der Waals surface area contributed by atoms with Crippen molar-refractivity contribution >= 4 is 11.8 Å². The minimum Gasteiger partial charge on any atom is -0.355 e. The Morgan fingerprint density at radius 3 is 2.52 bits per heavy atom. The van der Waals surface area contributed by atoms with Crippen LogP contribution in [0.25, 0.3) is 0 Å². The van der Waals surface area contributed by atoms with Gasteiger partial charge < -0.3 is 10.6 Å². The van der Waals surface area contributed by atoms with E-state index in [4.69, 9.17) is 0 Å². The summed E-state index contributed by atoms with van der Waals surface area (Å²) in [5.41, 5.74) is -0.560. The monoisotopic (exact) mass is 292 g/mol. The first-order chi connectivity index (χ1) is 9.91. The molecular weight excluding hydrogens is 271 g/mol. The second kappa shape index (κ2) is 6.24. The third-order valence-corrected chi connectivity index (χ3v) is 3.69. The van der Waals surface area contributed by atoms with Crippen LogP contribution in [0.5, 0.6) is 0 Å². The van der Waals surface area contributed by atoms with Crippen LogP contribution in [0, 0.1) is 11.2 Å². The van der Waals surface area contributed by atoms with E-state index in [1.165, 1.54) is 6.07 Å². The molecule has 0 atom stereocenters. The molecule has 5 heteroatoms. The second-order valence-corrected chi connectivity index (χ2v) is 5.97. The minimum absolute atomic E-state index is 0.225. The normalized spacial score (nSPS) is 14.6. The molecule has 4 nitrogen and oxygen atoms in total. The zero-order valence-electron chi connectivity index (χ0n) is 12.4. The topological polar surface area (TPSA) is 58.2 Å². The summed E-state index contributed by atoms with van der Waals surface area (Å²) in [4.78, 5) is 24.1. The van der Waals surface area contributed by atoms with Gasteiger partial charge in [0.1, 0.15) is 11.2 Å². The predicted molar refractivity (Wildman–Crippen MR) is 78.1 cm³/mol. The first kappa shape index (κ1) is 15.5. The molecule has 0 saturated heterocycles. The Bertz CT molecular complexity index is 539. The largest absolute Gasteiger partial charge is 0.355 e. The van der Waals surface area contributed by atoms with Gasteiger partial charge in [0.2, 0.25) is 11.8 Å². The number of amides is 2. The lowest BCUT2D eigenvalue weighted by Crippen LogP contribution is -2.48. The Hall–Kier alpha value is -1.91. The van der Waals surface area contributed by atoms with Gasteiger partial charge in [0.25, 0.3) is 0 Å². The van der Waals surface area contributed by atoms with E-state index in [2.05, 4.69) is 10.6 Å². The van der Waals surface area contributed by atoms with Crippen LogP contribution >= 0.6 is 0 Å². The van der Waals surface area contributed by atoms with Crippen LogP contribution < -0.4 is 10.6 Å². The Morgan fingerprint density at radius 1 is 1.24 bits per heavy atom. The van der Waals surface area contributed by atoms with E-state index in [0.29, 0.717) is 18.5 Å². The smallest absolute Gasteiger partial charge is 0.235 e. The van der Waals surface area contributed by atoms with Gasteiger partial charge in [0.15, 0.2) is 0 Å². The molecule has 0 aliphatic heterocycles. The Kier molecular flexibility index (Phi) is 4.60. The summed E-state index contributed by atoms with van der Waals surface area (Å²) in [6.07, 6.45) is 2.37. The molecule has 1 aliphatic carbocycles. The van der Waals surface area contributed by atoms with Gasteiger partial charge in [-0.05, 0) is 44.7 Å². The van der Waals surface area contributed by atoms with Crippen molar-refractivity contribution in [2.24, 2.45) is 5.41 Å². The van der Waals surface area contributed by atoms with Crippen LogP contribution in [0.15, 0.2) is 24.3 Å². The van der Waals surface area contributed by atoms with Crippen LogP contribution in [0.3, 0.4) is 0 Å². The Labute approximate surface area is 124 Å². The zero-order valence-corrected chi connectivity index (χ0v) is 12.4. The third kappa shape index (κ3) is 4.03. The van der Waals surface area contributed by atoms with Crippen molar-refractivity contribution in [2.75, 3.05) is 6.54 Å². The number of hydrogen-bond acceptors (Lipinski definition) is 2. The molecule has 1 saturated carbocycles. The minimum atomic E-state index is -1.11. The number of carbonyl (C=O) groups excluding carboxylic acids is 2. The fraction of sp³-hybridized carbons (Fsp3) is 0.500. The average molecular weight is 292 g/mol. The van der Waals surface area contributed by atoms with E-state index in [9.17, 15) is 14.0 Å². The molecule has 1 aromatic rings. The molecule has 0 unspecified atom stereocenters. The highest BCUT2D eigenvalue weighted by molar-refractivity contribution is 6.04. The summed E-state index contributed by atoms with van der Waals surface area (Å²) < 4.78 is 13.4. The predicted octanol–water partition coefficient (Wildman–Crippen LogP) is 1.79. The summed E-state index contributed by atoms with van der Waals surface area (Å²) in [5.74, 6) is -0.872. The van der Waals surface area contributed by atoms with Gasteiger partial charge >= 0.3 is 0 Å². The first-order valence-electron chi connectivity index (χ1n) is 7.24.